The first kappa shape index (κ1) is 21.7. The number of carbonyl (C=O) groups excluding carboxylic acids is 1. The molecule has 2 heterocycles. The molecule has 33 heavy (non-hydrogen) atoms. The van der Waals surface area contributed by atoms with E-state index in [2.05, 4.69) is 17.0 Å². The SMILES string of the molecule is CCOc1ccccc1N=C1S/C(=C2\Sc3ccccc3N2C)C(=O)N1Cc1ccccc1. The third-order valence-electron chi connectivity index (χ3n) is 5.36. The first-order chi connectivity index (χ1) is 16.2. The molecule has 0 N–H and O–H groups in total. The van der Waals surface area contributed by atoms with Gasteiger partial charge in [-0.25, -0.2) is 4.99 Å². The summed E-state index contributed by atoms with van der Waals surface area (Å²) < 4.78 is 5.77. The Morgan fingerprint density at radius 2 is 1.64 bits per heavy atom. The number of anilines is 1. The van der Waals surface area contributed by atoms with Crippen LogP contribution < -0.4 is 9.64 Å². The molecule has 2 aliphatic heterocycles. The molecule has 0 aliphatic carbocycles. The summed E-state index contributed by atoms with van der Waals surface area (Å²) in [5.41, 5.74) is 2.88. The van der Waals surface area contributed by atoms with Crippen LogP contribution >= 0.6 is 23.5 Å². The van der Waals surface area contributed by atoms with Crippen LogP contribution in [0.1, 0.15) is 12.5 Å². The van der Waals surface area contributed by atoms with Gasteiger partial charge in [0.2, 0.25) is 0 Å². The zero-order valence-corrected chi connectivity index (χ0v) is 20.0. The number of ether oxygens (including phenoxy) is 1. The van der Waals surface area contributed by atoms with Crippen LogP contribution in [-0.2, 0) is 11.3 Å². The van der Waals surface area contributed by atoms with Crippen molar-refractivity contribution in [1.29, 1.82) is 0 Å². The number of amidine groups is 1. The van der Waals surface area contributed by atoms with Crippen molar-refractivity contribution in [1.82, 2.24) is 4.90 Å². The van der Waals surface area contributed by atoms with Crippen molar-refractivity contribution in [2.24, 2.45) is 4.99 Å². The third-order valence-corrected chi connectivity index (χ3v) is 7.79. The highest BCUT2D eigenvalue weighted by molar-refractivity contribution is 8.19. The van der Waals surface area contributed by atoms with E-state index in [9.17, 15) is 4.79 Å². The van der Waals surface area contributed by atoms with Gasteiger partial charge in [-0.3, -0.25) is 9.69 Å². The molecule has 7 heteroatoms. The van der Waals surface area contributed by atoms with Gasteiger partial charge in [-0.1, -0.05) is 66.4 Å². The van der Waals surface area contributed by atoms with Gasteiger partial charge in [-0.05, 0) is 48.5 Å². The van der Waals surface area contributed by atoms with Crippen LogP contribution in [0, 0.1) is 0 Å². The van der Waals surface area contributed by atoms with E-state index in [4.69, 9.17) is 9.73 Å². The molecule has 0 radical (unpaired) electrons. The number of para-hydroxylation sites is 3. The van der Waals surface area contributed by atoms with Crippen molar-refractivity contribution in [3.63, 3.8) is 0 Å². The highest BCUT2D eigenvalue weighted by atomic mass is 32.2. The molecular weight excluding hydrogens is 450 g/mol. The second kappa shape index (κ2) is 9.37. The van der Waals surface area contributed by atoms with Crippen LogP contribution in [0.5, 0.6) is 5.75 Å². The fourth-order valence-electron chi connectivity index (χ4n) is 3.75. The zero-order chi connectivity index (χ0) is 22.8. The van der Waals surface area contributed by atoms with Crippen molar-refractivity contribution in [2.45, 2.75) is 18.4 Å². The molecule has 0 unspecified atom stereocenters. The topological polar surface area (TPSA) is 45.1 Å². The first-order valence-corrected chi connectivity index (χ1v) is 12.4. The number of hydrogen-bond acceptors (Lipinski definition) is 6. The van der Waals surface area contributed by atoms with E-state index < -0.39 is 0 Å². The normalized spacial score (nSPS) is 18.8. The number of hydrogen-bond donors (Lipinski definition) is 0. The second-order valence-corrected chi connectivity index (χ2v) is 9.55. The van der Waals surface area contributed by atoms with Crippen molar-refractivity contribution >= 4 is 46.0 Å². The van der Waals surface area contributed by atoms with Crippen molar-refractivity contribution in [2.75, 3.05) is 18.6 Å². The standard InChI is InChI=1S/C26H23N3O2S2/c1-3-31-21-15-9-7-13-19(21)27-26-29(17-18-11-5-4-6-12-18)24(30)23(33-26)25-28(2)20-14-8-10-16-22(20)32-25/h4-16H,3,17H2,1-2H3/b25-23-,27-26?. The average Bonchev–Trinajstić information content (AvgIpc) is 3.33. The smallest absolute Gasteiger partial charge is 0.269 e. The van der Waals surface area contributed by atoms with Gasteiger partial charge < -0.3 is 9.64 Å². The Balaban J connectivity index is 1.57. The summed E-state index contributed by atoms with van der Waals surface area (Å²) in [5.74, 6) is 0.680. The Morgan fingerprint density at radius 1 is 0.909 bits per heavy atom. The predicted molar refractivity (Wildman–Crippen MR) is 137 cm³/mol. The average molecular weight is 474 g/mol. The second-order valence-electron chi connectivity index (χ2n) is 7.54. The largest absolute Gasteiger partial charge is 0.492 e. The lowest BCUT2D eigenvalue weighted by Gasteiger charge is -2.17. The van der Waals surface area contributed by atoms with Crippen LogP contribution in [0.3, 0.4) is 0 Å². The van der Waals surface area contributed by atoms with Gasteiger partial charge in [0.05, 0.1) is 23.9 Å². The molecule has 0 spiro atoms. The number of carbonyl (C=O) groups is 1. The van der Waals surface area contributed by atoms with Gasteiger partial charge in [-0.2, -0.15) is 0 Å². The highest BCUT2D eigenvalue weighted by Crippen LogP contribution is 2.50. The van der Waals surface area contributed by atoms with Gasteiger partial charge in [0, 0.05) is 11.9 Å². The summed E-state index contributed by atoms with van der Waals surface area (Å²) in [7, 11) is 2.01. The Labute approximate surface area is 202 Å². The van der Waals surface area contributed by atoms with Gasteiger partial charge in [0.1, 0.15) is 16.3 Å². The summed E-state index contributed by atoms with van der Waals surface area (Å²) in [6, 6.07) is 25.9. The Morgan fingerprint density at radius 3 is 2.42 bits per heavy atom. The molecule has 1 amide bonds. The molecule has 5 rings (SSSR count). The third kappa shape index (κ3) is 4.26. The van der Waals surface area contributed by atoms with E-state index in [0.29, 0.717) is 29.0 Å². The molecule has 3 aromatic rings. The van der Waals surface area contributed by atoms with Crippen LogP contribution in [0.2, 0.25) is 0 Å². The van der Waals surface area contributed by atoms with E-state index in [-0.39, 0.29) is 5.91 Å². The summed E-state index contributed by atoms with van der Waals surface area (Å²) in [5, 5.41) is 1.59. The number of benzene rings is 3. The molecule has 1 saturated heterocycles. The summed E-state index contributed by atoms with van der Waals surface area (Å²) in [6.45, 7) is 2.96. The lowest BCUT2D eigenvalue weighted by atomic mass is 10.2. The number of aliphatic imine (C=N–C) groups is 1. The molecule has 0 bridgehead atoms. The molecular formula is C26H23N3O2S2. The maximum Gasteiger partial charge on any atom is 0.269 e. The summed E-state index contributed by atoms with van der Waals surface area (Å²) in [6.07, 6.45) is 0. The summed E-state index contributed by atoms with van der Waals surface area (Å²) >= 11 is 3.06. The summed E-state index contributed by atoms with van der Waals surface area (Å²) in [4.78, 5) is 24.3. The molecule has 3 aromatic carbocycles. The minimum Gasteiger partial charge on any atom is -0.492 e. The molecule has 5 nitrogen and oxygen atoms in total. The highest BCUT2D eigenvalue weighted by Gasteiger charge is 2.39. The Kier molecular flexibility index (Phi) is 6.15. The minimum absolute atomic E-state index is 0.0290. The van der Waals surface area contributed by atoms with Crippen LogP contribution in [0.4, 0.5) is 11.4 Å². The number of nitrogens with zero attached hydrogens (tertiary/aromatic N) is 3. The zero-order valence-electron chi connectivity index (χ0n) is 18.4. The Bertz CT molecular complexity index is 1260. The van der Waals surface area contributed by atoms with E-state index in [1.54, 1.807) is 16.7 Å². The lowest BCUT2D eigenvalue weighted by molar-refractivity contribution is -0.122. The van der Waals surface area contributed by atoms with Crippen molar-refractivity contribution in [3.8, 4) is 5.75 Å². The van der Waals surface area contributed by atoms with Crippen molar-refractivity contribution < 1.29 is 9.53 Å². The van der Waals surface area contributed by atoms with Gasteiger partial charge in [0.15, 0.2) is 5.17 Å². The number of thioether (sulfide) groups is 2. The molecule has 2 aliphatic rings. The molecule has 1 fully saturated rings. The van der Waals surface area contributed by atoms with Gasteiger partial charge in [0.25, 0.3) is 5.91 Å². The maximum absolute atomic E-state index is 13.7. The van der Waals surface area contributed by atoms with Crippen molar-refractivity contribution in [3.05, 3.63) is 94.4 Å². The molecule has 0 aromatic heterocycles. The number of fused-ring (bicyclic) bond motifs is 1. The van der Waals surface area contributed by atoms with E-state index in [1.165, 1.54) is 11.8 Å². The van der Waals surface area contributed by atoms with Gasteiger partial charge in [-0.15, -0.1) is 0 Å². The monoisotopic (exact) mass is 473 g/mol. The number of amides is 1. The van der Waals surface area contributed by atoms with E-state index in [0.717, 1.165) is 26.9 Å². The van der Waals surface area contributed by atoms with Crippen LogP contribution in [0.15, 0.2) is 98.7 Å². The first-order valence-electron chi connectivity index (χ1n) is 10.7. The van der Waals surface area contributed by atoms with E-state index >= 15 is 0 Å². The lowest BCUT2D eigenvalue weighted by Crippen LogP contribution is -2.29. The predicted octanol–water partition coefficient (Wildman–Crippen LogP) is 6.26. The molecule has 0 atom stereocenters. The molecule has 0 saturated carbocycles. The Hall–Kier alpha value is -3.16. The number of rotatable bonds is 5. The molecule has 166 valence electrons. The maximum atomic E-state index is 13.7. The quantitative estimate of drug-likeness (QED) is 0.409. The van der Waals surface area contributed by atoms with Crippen LogP contribution in [-0.4, -0.2) is 29.6 Å². The minimum atomic E-state index is -0.0290. The van der Waals surface area contributed by atoms with Crippen LogP contribution in [0.25, 0.3) is 0 Å². The van der Waals surface area contributed by atoms with E-state index in [1.807, 2.05) is 80.7 Å². The van der Waals surface area contributed by atoms with Gasteiger partial charge >= 0.3 is 0 Å². The fourth-order valence-corrected chi connectivity index (χ4v) is 6.09. The fraction of sp³-hybridized carbons (Fsp3) is 0.154.